The van der Waals surface area contributed by atoms with Gasteiger partial charge in [-0.2, -0.15) is 0 Å². The van der Waals surface area contributed by atoms with Crippen LogP contribution in [-0.4, -0.2) is 95.2 Å². The first-order chi connectivity index (χ1) is 17.8. The third-order valence-corrected chi connectivity index (χ3v) is 9.15. The number of carboxylic acids is 1. The third-order valence-electron chi connectivity index (χ3n) is 7.31. The number of carbonyl (C=O) groups excluding carboxylic acids is 1. The smallest absolute Gasteiger partial charge is 0.305 e. The van der Waals surface area contributed by atoms with Crippen molar-refractivity contribution >= 4 is 40.3 Å². The zero-order valence-electron chi connectivity index (χ0n) is 21.8. The number of carbonyl (C=O) groups is 2. The van der Waals surface area contributed by atoms with Gasteiger partial charge in [0.15, 0.2) is 0 Å². The van der Waals surface area contributed by atoms with Crippen molar-refractivity contribution in [1.82, 2.24) is 9.80 Å². The number of carboxylic acid groups (broad SMARTS) is 1. The number of ether oxygens (including phenoxy) is 2. The van der Waals surface area contributed by atoms with Crippen molar-refractivity contribution in [3.05, 3.63) is 34.3 Å². The van der Waals surface area contributed by atoms with Crippen molar-refractivity contribution in [2.24, 2.45) is 10.9 Å². The Morgan fingerprint density at radius 3 is 2.70 bits per heavy atom. The molecule has 8 nitrogen and oxygen atoms in total. The highest BCUT2D eigenvalue weighted by atomic mass is 35.5. The van der Waals surface area contributed by atoms with E-state index in [1.807, 2.05) is 17.0 Å². The van der Waals surface area contributed by atoms with E-state index in [4.69, 9.17) is 31.2 Å². The molecule has 1 N–H and O–H groups in total. The van der Waals surface area contributed by atoms with Crippen LogP contribution in [0.25, 0.3) is 0 Å². The molecule has 1 amide bonds. The molecule has 3 aliphatic heterocycles. The van der Waals surface area contributed by atoms with Crippen LogP contribution >= 0.6 is 23.4 Å². The molecule has 37 heavy (non-hydrogen) atoms. The maximum Gasteiger partial charge on any atom is 0.305 e. The van der Waals surface area contributed by atoms with Gasteiger partial charge in [-0.3, -0.25) is 19.5 Å². The predicted octanol–water partition coefficient (Wildman–Crippen LogP) is 3.74. The number of aliphatic carboxylic acids is 1. The number of halogens is 1. The number of morpholine rings is 1. The minimum Gasteiger partial charge on any atom is -0.481 e. The largest absolute Gasteiger partial charge is 0.481 e. The van der Waals surface area contributed by atoms with E-state index in [1.165, 1.54) is 0 Å². The van der Waals surface area contributed by atoms with E-state index in [1.54, 1.807) is 11.8 Å². The van der Waals surface area contributed by atoms with Crippen molar-refractivity contribution in [3.63, 3.8) is 0 Å². The number of amides is 1. The SMILES string of the molecule is CC(C)C1=NC(C(=O)N2CCOC3(CCN(Cc4cccc(CCOCCC(=O)O)c4Cl)CC3)C2)CS1. The highest BCUT2D eigenvalue weighted by Gasteiger charge is 2.42. The topological polar surface area (TPSA) is 91.7 Å². The molecule has 0 radical (unpaired) electrons. The maximum absolute atomic E-state index is 13.2. The van der Waals surface area contributed by atoms with Gasteiger partial charge in [-0.15, -0.1) is 11.8 Å². The minimum atomic E-state index is -0.858. The Labute approximate surface area is 228 Å². The number of nitrogens with zero attached hydrogens (tertiary/aromatic N) is 3. The lowest BCUT2D eigenvalue weighted by Gasteiger charge is -2.47. The number of thioether (sulfide) groups is 1. The molecular formula is C27H38ClN3O5S. The van der Waals surface area contributed by atoms with Gasteiger partial charge >= 0.3 is 5.97 Å². The van der Waals surface area contributed by atoms with Gasteiger partial charge in [-0.25, -0.2) is 0 Å². The normalized spacial score (nSPS) is 22.0. The van der Waals surface area contributed by atoms with E-state index >= 15 is 0 Å². The summed E-state index contributed by atoms with van der Waals surface area (Å²) in [6.07, 6.45) is 2.42. The molecule has 0 saturated carbocycles. The van der Waals surface area contributed by atoms with Crippen LogP contribution in [0.1, 0.15) is 44.2 Å². The van der Waals surface area contributed by atoms with Crippen LogP contribution in [0.2, 0.25) is 5.02 Å². The number of hydrogen-bond acceptors (Lipinski definition) is 7. The number of likely N-dealkylation sites (tertiary alicyclic amines) is 1. The molecule has 2 saturated heterocycles. The summed E-state index contributed by atoms with van der Waals surface area (Å²) < 4.78 is 11.7. The second-order valence-electron chi connectivity index (χ2n) is 10.4. The van der Waals surface area contributed by atoms with Gasteiger partial charge in [-0.1, -0.05) is 43.6 Å². The van der Waals surface area contributed by atoms with Gasteiger partial charge in [0.1, 0.15) is 6.04 Å². The van der Waals surface area contributed by atoms with Crippen LogP contribution in [0.5, 0.6) is 0 Å². The predicted molar refractivity (Wildman–Crippen MR) is 147 cm³/mol. The van der Waals surface area contributed by atoms with Crippen LogP contribution in [0.3, 0.4) is 0 Å². The fourth-order valence-corrected chi connectivity index (χ4v) is 6.49. The first-order valence-corrected chi connectivity index (χ1v) is 14.5. The molecule has 204 valence electrons. The third kappa shape index (κ3) is 7.47. The first-order valence-electron chi connectivity index (χ1n) is 13.2. The monoisotopic (exact) mass is 551 g/mol. The number of rotatable bonds is 10. The summed E-state index contributed by atoms with van der Waals surface area (Å²) in [5.41, 5.74) is 1.82. The van der Waals surface area contributed by atoms with Gasteiger partial charge in [0.25, 0.3) is 0 Å². The van der Waals surface area contributed by atoms with Crippen LogP contribution < -0.4 is 0 Å². The summed E-state index contributed by atoms with van der Waals surface area (Å²) in [4.78, 5) is 32.9. The second kappa shape index (κ2) is 12.9. The summed E-state index contributed by atoms with van der Waals surface area (Å²) in [5, 5.41) is 10.6. The molecule has 3 heterocycles. The molecule has 1 aromatic rings. The van der Waals surface area contributed by atoms with Gasteiger partial charge < -0.3 is 19.5 Å². The van der Waals surface area contributed by atoms with E-state index in [0.29, 0.717) is 38.6 Å². The Balaban J connectivity index is 1.27. The number of aliphatic imine (C=N–C) groups is 1. The quantitative estimate of drug-likeness (QED) is 0.443. The first kappa shape index (κ1) is 28.4. The minimum absolute atomic E-state index is 0.00646. The maximum atomic E-state index is 13.2. The van der Waals surface area contributed by atoms with Crippen LogP contribution in [-0.2, 0) is 32.0 Å². The molecule has 0 bridgehead atoms. The molecule has 1 atom stereocenters. The Kier molecular flexibility index (Phi) is 9.91. The van der Waals surface area contributed by atoms with Crippen molar-refractivity contribution in [3.8, 4) is 0 Å². The molecule has 2 fully saturated rings. The van der Waals surface area contributed by atoms with Crippen LogP contribution in [0.4, 0.5) is 0 Å². The molecule has 1 aromatic carbocycles. The molecule has 10 heteroatoms. The molecule has 0 aliphatic carbocycles. The fraction of sp³-hybridized carbons (Fsp3) is 0.667. The van der Waals surface area contributed by atoms with Crippen LogP contribution in [0.15, 0.2) is 23.2 Å². The molecule has 4 rings (SSSR count). The van der Waals surface area contributed by atoms with Gasteiger partial charge in [0.2, 0.25) is 5.91 Å². The average Bonchev–Trinajstić information content (AvgIpc) is 3.38. The zero-order chi connectivity index (χ0) is 26.4. The Hall–Kier alpha value is -1.65. The molecule has 1 spiro atoms. The van der Waals surface area contributed by atoms with E-state index < -0.39 is 5.97 Å². The number of benzene rings is 1. The molecular weight excluding hydrogens is 514 g/mol. The van der Waals surface area contributed by atoms with Gasteiger partial charge in [0, 0.05) is 49.4 Å². The van der Waals surface area contributed by atoms with Crippen molar-refractivity contribution in [2.45, 2.75) is 57.7 Å². The summed E-state index contributed by atoms with van der Waals surface area (Å²) in [5.74, 6) is 0.403. The lowest BCUT2D eigenvalue weighted by molar-refractivity contribution is -0.160. The highest BCUT2D eigenvalue weighted by molar-refractivity contribution is 8.14. The van der Waals surface area contributed by atoms with Crippen LogP contribution in [0, 0.1) is 5.92 Å². The molecule has 1 unspecified atom stereocenters. The Morgan fingerprint density at radius 1 is 1.24 bits per heavy atom. The second-order valence-corrected chi connectivity index (χ2v) is 11.8. The standard InChI is InChI=1S/C27H38ClN3O5S/c1-19(2)25-29-22(17-37-25)26(34)31-12-15-36-27(18-31)8-10-30(11-9-27)16-21-5-3-4-20(24(21)28)6-13-35-14-7-23(32)33/h3-5,19,22H,6-18H2,1-2H3,(H,32,33). The van der Waals surface area contributed by atoms with Crippen molar-refractivity contribution in [1.29, 1.82) is 0 Å². The lowest BCUT2D eigenvalue weighted by Crippen LogP contribution is -2.59. The number of piperidine rings is 1. The molecule has 3 aliphatic rings. The Morgan fingerprint density at radius 2 is 2.00 bits per heavy atom. The molecule has 0 aromatic heterocycles. The average molecular weight is 552 g/mol. The lowest BCUT2D eigenvalue weighted by atomic mass is 9.89. The Bertz CT molecular complexity index is 996. The summed E-state index contributed by atoms with van der Waals surface area (Å²) >= 11 is 8.44. The summed E-state index contributed by atoms with van der Waals surface area (Å²) in [7, 11) is 0. The van der Waals surface area contributed by atoms with Crippen molar-refractivity contribution in [2.75, 3.05) is 51.8 Å². The highest BCUT2D eigenvalue weighted by Crippen LogP contribution is 2.33. The van der Waals surface area contributed by atoms with Gasteiger partial charge in [0.05, 0.1) is 36.9 Å². The summed E-state index contributed by atoms with van der Waals surface area (Å²) in [6.45, 7) is 9.29. The van der Waals surface area contributed by atoms with E-state index in [2.05, 4.69) is 24.8 Å². The van der Waals surface area contributed by atoms with Gasteiger partial charge in [-0.05, 0) is 30.4 Å². The van der Waals surface area contributed by atoms with E-state index in [0.717, 1.165) is 59.4 Å². The summed E-state index contributed by atoms with van der Waals surface area (Å²) in [6, 6.07) is 5.82. The number of hydrogen-bond donors (Lipinski definition) is 1. The van der Waals surface area contributed by atoms with Crippen molar-refractivity contribution < 1.29 is 24.2 Å². The van der Waals surface area contributed by atoms with E-state index in [-0.39, 0.29) is 30.6 Å². The van der Waals surface area contributed by atoms with E-state index in [9.17, 15) is 9.59 Å². The fourth-order valence-electron chi connectivity index (χ4n) is 5.13. The zero-order valence-corrected chi connectivity index (χ0v) is 23.4.